The van der Waals surface area contributed by atoms with Gasteiger partial charge >= 0.3 is 0 Å². The summed E-state index contributed by atoms with van der Waals surface area (Å²) in [5.41, 5.74) is 4.23. The van der Waals surface area contributed by atoms with Crippen LogP contribution in [0.15, 0.2) is 18.2 Å². The molecule has 0 bridgehead atoms. The van der Waals surface area contributed by atoms with Gasteiger partial charge in [-0.15, -0.1) is 0 Å². The van der Waals surface area contributed by atoms with Crippen molar-refractivity contribution in [1.29, 1.82) is 0 Å². The quantitative estimate of drug-likeness (QED) is 0.786. The number of aryl methyl sites for hydroxylation is 2. The van der Waals surface area contributed by atoms with Crippen LogP contribution in [-0.2, 0) is 24.1 Å². The Labute approximate surface area is 116 Å². The van der Waals surface area contributed by atoms with Crippen LogP contribution >= 0.6 is 0 Å². The topological polar surface area (TPSA) is 17.1 Å². The van der Waals surface area contributed by atoms with Crippen molar-refractivity contribution in [3.8, 4) is 0 Å². The van der Waals surface area contributed by atoms with Crippen LogP contribution in [0.5, 0.6) is 0 Å². The van der Waals surface area contributed by atoms with Gasteiger partial charge in [-0.05, 0) is 41.9 Å². The third-order valence-electron chi connectivity index (χ3n) is 4.81. The Morgan fingerprint density at radius 1 is 1.00 bits per heavy atom. The molecule has 1 heteroatoms. The van der Waals surface area contributed by atoms with Crippen LogP contribution in [0.4, 0.5) is 0 Å². The third-order valence-corrected chi connectivity index (χ3v) is 4.81. The molecule has 1 aromatic rings. The maximum atomic E-state index is 12.2. The Bertz CT molecular complexity index is 455. The van der Waals surface area contributed by atoms with Crippen molar-refractivity contribution in [2.75, 3.05) is 0 Å². The van der Waals surface area contributed by atoms with Crippen LogP contribution in [0, 0.1) is 5.92 Å². The summed E-state index contributed by atoms with van der Waals surface area (Å²) < 4.78 is 0. The van der Waals surface area contributed by atoms with E-state index in [-0.39, 0.29) is 0 Å². The minimum absolute atomic E-state index is 0.449. The van der Waals surface area contributed by atoms with Gasteiger partial charge in [0.25, 0.3) is 0 Å². The molecule has 0 spiro atoms. The lowest BCUT2D eigenvalue weighted by Gasteiger charge is -2.20. The molecule has 0 unspecified atom stereocenters. The predicted octanol–water partition coefficient (Wildman–Crippen LogP) is 4.26. The molecule has 0 amide bonds. The zero-order valence-corrected chi connectivity index (χ0v) is 11.8. The van der Waals surface area contributed by atoms with Crippen molar-refractivity contribution in [3.05, 3.63) is 34.9 Å². The number of Topliss-reactive ketones (excluding diaryl/α,β-unsaturated/α-hetero) is 1. The first-order valence-corrected chi connectivity index (χ1v) is 7.93. The summed E-state index contributed by atoms with van der Waals surface area (Å²) in [5, 5.41) is 0. The van der Waals surface area contributed by atoms with Crippen LogP contribution in [0.1, 0.15) is 61.6 Å². The highest BCUT2D eigenvalue weighted by atomic mass is 16.1. The van der Waals surface area contributed by atoms with E-state index in [1.165, 1.54) is 68.1 Å². The van der Waals surface area contributed by atoms with E-state index >= 15 is 0 Å². The van der Waals surface area contributed by atoms with Crippen LogP contribution in [0.2, 0.25) is 0 Å². The molecule has 0 atom stereocenters. The van der Waals surface area contributed by atoms with E-state index in [2.05, 4.69) is 18.2 Å². The highest BCUT2D eigenvalue weighted by molar-refractivity contribution is 5.81. The number of hydrogen-bond acceptors (Lipinski definition) is 1. The van der Waals surface area contributed by atoms with Crippen molar-refractivity contribution in [2.45, 2.75) is 64.2 Å². The molecule has 0 aromatic heterocycles. The van der Waals surface area contributed by atoms with E-state index in [0.717, 1.165) is 6.42 Å². The van der Waals surface area contributed by atoms with Gasteiger partial charge in [-0.1, -0.05) is 50.3 Å². The number of fused-ring (bicyclic) bond motifs is 1. The minimum atomic E-state index is 0.449. The van der Waals surface area contributed by atoms with Gasteiger partial charge in [-0.3, -0.25) is 4.79 Å². The van der Waals surface area contributed by atoms with Crippen molar-refractivity contribution in [2.24, 2.45) is 5.92 Å². The number of benzene rings is 1. The molecule has 1 saturated carbocycles. The molecule has 0 aliphatic heterocycles. The van der Waals surface area contributed by atoms with Gasteiger partial charge in [0.2, 0.25) is 0 Å². The fraction of sp³-hybridized carbons (Fsp3) is 0.611. The average molecular weight is 256 g/mol. The third kappa shape index (κ3) is 3.26. The number of hydrogen-bond donors (Lipinski definition) is 0. The fourth-order valence-corrected chi connectivity index (χ4v) is 3.75. The molecule has 2 aliphatic rings. The van der Waals surface area contributed by atoms with E-state index in [4.69, 9.17) is 0 Å². The van der Waals surface area contributed by atoms with E-state index < -0.39 is 0 Å². The maximum Gasteiger partial charge on any atom is 0.137 e. The SMILES string of the molecule is O=C(Cc1ccc2c(c1)CCC2)CC1CCCCC1. The molecule has 1 aromatic carbocycles. The summed E-state index contributed by atoms with van der Waals surface area (Å²) in [7, 11) is 0. The summed E-state index contributed by atoms with van der Waals surface area (Å²) in [4.78, 5) is 12.2. The largest absolute Gasteiger partial charge is 0.299 e. The number of carbonyl (C=O) groups excluding carboxylic acids is 1. The van der Waals surface area contributed by atoms with Gasteiger partial charge in [-0.25, -0.2) is 0 Å². The van der Waals surface area contributed by atoms with Gasteiger partial charge < -0.3 is 0 Å². The van der Waals surface area contributed by atoms with Crippen LogP contribution in [-0.4, -0.2) is 5.78 Å². The summed E-state index contributed by atoms with van der Waals surface area (Å²) in [6.45, 7) is 0. The van der Waals surface area contributed by atoms with Crippen molar-refractivity contribution < 1.29 is 4.79 Å². The summed E-state index contributed by atoms with van der Waals surface area (Å²) in [5.74, 6) is 1.13. The standard InChI is InChI=1S/C18H24O/c19-18(12-14-5-2-1-3-6-14)13-15-9-10-16-7-4-8-17(16)11-15/h9-11,14H,1-8,12-13H2. The molecule has 0 radical (unpaired) electrons. The lowest BCUT2D eigenvalue weighted by molar-refractivity contribution is -0.119. The monoisotopic (exact) mass is 256 g/mol. The normalized spacial score (nSPS) is 19.4. The maximum absolute atomic E-state index is 12.2. The van der Waals surface area contributed by atoms with E-state index in [9.17, 15) is 4.79 Å². The van der Waals surface area contributed by atoms with Crippen LogP contribution < -0.4 is 0 Å². The van der Waals surface area contributed by atoms with Gasteiger partial charge in [0.15, 0.2) is 0 Å². The van der Waals surface area contributed by atoms with Gasteiger partial charge in [0, 0.05) is 12.8 Å². The second kappa shape index (κ2) is 5.90. The van der Waals surface area contributed by atoms with E-state index in [0.29, 0.717) is 18.1 Å². The Morgan fingerprint density at radius 2 is 1.79 bits per heavy atom. The Morgan fingerprint density at radius 3 is 2.63 bits per heavy atom. The highest BCUT2D eigenvalue weighted by Crippen LogP contribution is 2.27. The molecule has 0 heterocycles. The summed E-state index contributed by atoms with van der Waals surface area (Å²) in [6, 6.07) is 6.69. The molecule has 19 heavy (non-hydrogen) atoms. The zero-order chi connectivity index (χ0) is 13.1. The summed E-state index contributed by atoms with van der Waals surface area (Å²) in [6.07, 6.45) is 11.8. The molecule has 2 aliphatic carbocycles. The smallest absolute Gasteiger partial charge is 0.137 e. The number of carbonyl (C=O) groups is 1. The van der Waals surface area contributed by atoms with Crippen LogP contribution in [0.25, 0.3) is 0 Å². The molecule has 102 valence electrons. The number of rotatable bonds is 4. The highest BCUT2D eigenvalue weighted by Gasteiger charge is 2.18. The lowest BCUT2D eigenvalue weighted by atomic mass is 9.85. The lowest BCUT2D eigenvalue weighted by Crippen LogP contribution is -2.13. The Kier molecular flexibility index (Phi) is 4.00. The molecule has 1 fully saturated rings. The minimum Gasteiger partial charge on any atom is -0.299 e. The van der Waals surface area contributed by atoms with E-state index in [1.54, 1.807) is 0 Å². The average Bonchev–Trinajstić information content (AvgIpc) is 2.87. The first-order chi connectivity index (χ1) is 9.31. The van der Waals surface area contributed by atoms with Gasteiger partial charge in [0.1, 0.15) is 5.78 Å². The second-order valence-electron chi connectivity index (χ2n) is 6.38. The van der Waals surface area contributed by atoms with Crippen molar-refractivity contribution in [1.82, 2.24) is 0 Å². The fourth-order valence-electron chi connectivity index (χ4n) is 3.75. The van der Waals surface area contributed by atoms with Gasteiger partial charge in [-0.2, -0.15) is 0 Å². The molecule has 0 N–H and O–H groups in total. The first-order valence-electron chi connectivity index (χ1n) is 7.93. The first kappa shape index (κ1) is 12.9. The Balaban J connectivity index is 1.56. The zero-order valence-electron chi connectivity index (χ0n) is 11.8. The van der Waals surface area contributed by atoms with E-state index in [1.807, 2.05) is 0 Å². The number of ketones is 1. The van der Waals surface area contributed by atoms with Gasteiger partial charge in [0.05, 0.1) is 0 Å². The molecule has 3 rings (SSSR count). The Hall–Kier alpha value is -1.11. The molecular weight excluding hydrogens is 232 g/mol. The predicted molar refractivity (Wildman–Crippen MR) is 78.4 cm³/mol. The molecule has 0 saturated heterocycles. The van der Waals surface area contributed by atoms with Crippen LogP contribution in [0.3, 0.4) is 0 Å². The van der Waals surface area contributed by atoms with Crippen molar-refractivity contribution >= 4 is 5.78 Å². The second-order valence-corrected chi connectivity index (χ2v) is 6.38. The molecule has 1 nitrogen and oxygen atoms in total. The summed E-state index contributed by atoms with van der Waals surface area (Å²) >= 11 is 0. The molecular formula is C18H24O. The van der Waals surface area contributed by atoms with Crippen molar-refractivity contribution in [3.63, 3.8) is 0 Å².